The van der Waals surface area contributed by atoms with Crippen molar-refractivity contribution in [1.29, 1.82) is 0 Å². The average molecular weight is 465 g/mol. The third kappa shape index (κ3) is 5.09. The first-order chi connectivity index (χ1) is 12.0. The minimum atomic E-state index is 0. The molecule has 6 heteroatoms. The van der Waals surface area contributed by atoms with E-state index in [-0.39, 0.29) is 24.0 Å². The Balaban J connectivity index is 0.00000243. The average Bonchev–Trinajstić information content (AvgIpc) is 3.11. The monoisotopic (exact) mass is 465 g/mol. The van der Waals surface area contributed by atoms with E-state index in [2.05, 4.69) is 47.3 Å². The smallest absolute Gasteiger partial charge is 0.193 e. The fraction of sp³-hybridized carbons (Fsp3) is 0.400. The lowest BCUT2D eigenvalue weighted by molar-refractivity contribution is 0.898. The lowest BCUT2D eigenvalue weighted by atomic mass is 10.1. The predicted molar refractivity (Wildman–Crippen MR) is 121 cm³/mol. The van der Waals surface area contributed by atoms with Crippen LogP contribution in [0.3, 0.4) is 0 Å². The van der Waals surface area contributed by atoms with E-state index in [1.54, 1.807) is 0 Å². The molecule has 0 aliphatic carbocycles. The molecule has 0 saturated carbocycles. The number of aliphatic imine (C=N–C) groups is 1. The van der Waals surface area contributed by atoms with Gasteiger partial charge in [0, 0.05) is 30.0 Å². The summed E-state index contributed by atoms with van der Waals surface area (Å²) in [6.45, 7) is 8.90. The molecule has 2 aromatic rings. The Bertz CT molecular complexity index is 782. The Kier molecular flexibility index (Phi) is 7.25. The first-order valence-corrected chi connectivity index (χ1v) is 8.88. The van der Waals surface area contributed by atoms with Crippen LogP contribution in [0.5, 0.6) is 0 Å². The van der Waals surface area contributed by atoms with Crippen LogP contribution in [0, 0.1) is 20.8 Å². The van der Waals surface area contributed by atoms with Gasteiger partial charge in [-0.3, -0.25) is 0 Å². The van der Waals surface area contributed by atoms with Crippen LogP contribution in [0.2, 0.25) is 0 Å². The minimum absolute atomic E-state index is 0. The van der Waals surface area contributed by atoms with E-state index >= 15 is 0 Å². The van der Waals surface area contributed by atoms with Gasteiger partial charge in [0.2, 0.25) is 0 Å². The van der Waals surface area contributed by atoms with E-state index in [0.29, 0.717) is 12.5 Å². The first-order valence-electron chi connectivity index (χ1n) is 8.88. The van der Waals surface area contributed by atoms with Crippen molar-refractivity contribution in [3.05, 3.63) is 52.7 Å². The largest absolute Gasteiger partial charge is 0.370 e. The summed E-state index contributed by atoms with van der Waals surface area (Å²) in [5.41, 5.74) is 11.7. The fourth-order valence-electron chi connectivity index (χ4n) is 3.07. The molecule has 1 saturated heterocycles. The first kappa shape index (κ1) is 20.5. The molecule has 0 atom stereocenters. The van der Waals surface area contributed by atoms with Gasteiger partial charge in [-0.1, -0.05) is 12.1 Å². The molecule has 0 spiro atoms. The summed E-state index contributed by atoms with van der Waals surface area (Å²) in [7, 11) is 0. The zero-order chi connectivity index (χ0) is 17.8. The Labute approximate surface area is 173 Å². The number of aryl methyl sites for hydroxylation is 3. The Morgan fingerprint density at radius 1 is 1.12 bits per heavy atom. The molecule has 0 bridgehead atoms. The predicted octanol–water partition coefficient (Wildman–Crippen LogP) is 4.15. The molecule has 0 unspecified atom stereocenters. The number of pyridine rings is 1. The highest BCUT2D eigenvalue weighted by Gasteiger charge is 2.17. The van der Waals surface area contributed by atoms with Gasteiger partial charge in [-0.2, -0.15) is 0 Å². The van der Waals surface area contributed by atoms with Crippen LogP contribution in [0.4, 0.5) is 11.5 Å². The lowest BCUT2D eigenvalue weighted by Crippen LogP contribution is -2.23. The van der Waals surface area contributed by atoms with Crippen molar-refractivity contribution in [2.75, 3.05) is 23.3 Å². The number of hydrogen-bond acceptors (Lipinski definition) is 3. The van der Waals surface area contributed by atoms with E-state index in [9.17, 15) is 0 Å². The number of nitrogens with one attached hydrogen (secondary N) is 1. The number of nitrogens with zero attached hydrogens (tertiary/aromatic N) is 3. The highest BCUT2D eigenvalue weighted by molar-refractivity contribution is 14.0. The number of rotatable bonds is 4. The minimum Gasteiger partial charge on any atom is -0.370 e. The van der Waals surface area contributed by atoms with E-state index in [1.165, 1.54) is 24.0 Å². The molecular formula is C20H28IN5. The lowest BCUT2D eigenvalue weighted by Gasteiger charge is -2.20. The number of halogens is 1. The van der Waals surface area contributed by atoms with Crippen LogP contribution >= 0.6 is 24.0 Å². The summed E-state index contributed by atoms with van der Waals surface area (Å²) < 4.78 is 0. The van der Waals surface area contributed by atoms with Crippen molar-refractivity contribution in [1.82, 2.24) is 4.98 Å². The van der Waals surface area contributed by atoms with Crippen molar-refractivity contribution in [2.45, 2.75) is 40.2 Å². The molecular weight excluding hydrogens is 437 g/mol. The van der Waals surface area contributed by atoms with Gasteiger partial charge in [-0.25, -0.2) is 9.98 Å². The van der Waals surface area contributed by atoms with Gasteiger partial charge in [-0.15, -0.1) is 24.0 Å². The SMILES string of the molecule is Cc1ccc(CN=C(N)Nc2ccc(C)c(C)c2)c(N2CCCC2)n1.I. The number of aromatic nitrogens is 1. The number of benzene rings is 1. The van der Waals surface area contributed by atoms with Gasteiger partial charge >= 0.3 is 0 Å². The summed E-state index contributed by atoms with van der Waals surface area (Å²) >= 11 is 0. The van der Waals surface area contributed by atoms with Gasteiger partial charge in [-0.05, 0) is 62.9 Å². The Morgan fingerprint density at radius 3 is 2.54 bits per heavy atom. The van der Waals surface area contributed by atoms with Gasteiger partial charge in [0.1, 0.15) is 5.82 Å². The van der Waals surface area contributed by atoms with E-state index in [1.807, 2.05) is 19.1 Å². The zero-order valence-corrected chi connectivity index (χ0v) is 18.1. The molecule has 2 heterocycles. The normalized spacial score (nSPS) is 14.3. The van der Waals surface area contributed by atoms with E-state index in [0.717, 1.165) is 35.9 Å². The number of hydrogen-bond donors (Lipinski definition) is 2. The maximum absolute atomic E-state index is 6.08. The second kappa shape index (κ2) is 9.21. The quantitative estimate of drug-likeness (QED) is 0.405. The van der Waals surface area contributed by atoms with Crippen LogP contribution in [0.1, 0.15) is 35.2 Å². The van der Waals surface area contributed by atoms with Crippen LogP contribution in [0.15, 0.2) is 35.3 Å². The molecule has 1 aliphatic rings. The summed E-state index contributed by atoms with van der Waals surface area (Å²) in [6.07, 6.45) is 2.46. The van der Waals surface area contributed by atoms with E-state index < -0.39 is 0 Å². The van der Waals surface area contributed by atoms with Crippen LogP contribution in [-0.2, 0) is 6.54 Å². The van der Waals surface area contributed by atoms with Crippen molar-refractivity contribution >= 4 is 41.4 Å². The van der Waals surface area contributed by atoms with Gasteiger partial charge in [0.05, 0.1) is 6.54 Å². The Morgan fingerprint density at radius 2 is 1.85 bits per heavy atom. The molecule has 3 rings (SSSR count). The van der Waals surface area contributed by atoms with Crippen molar-refractivity contribution in [3.8, 4) is 0 Å². The highest BCUT2D eigenvalue weighted by Crippen LogP contribution is 2.23. The Hall–Kier alpha value is -1.83. The summed E-state index contributed by atoms with van der Waals surface area (Å²) in [5, 5.41) is 3.17. The zero-order valence-electron chi connectivity index (χ0n) is 15.7. The highest BCUT2D eigenvalue weighted by atomic mass is 127. The number of anilines is 2. The molecule has 140 valence electrons. The maximum atomic E-state index is 6.08. The van der Waals surface area contributed by atoms with Crippen molar-refractivity contribution < 1.29 is 0 Å². The van der Waals surface area contributed by atoms with Gasteiger partial charge in [0.15, 0.2) is 5.96 Å². The molecule has 1 aliphatic heterocycles. The standard InChI is InChI=1S/C20H27N5.HI/c1-14-6-9-18(12-15(14)2)24-20(21)22-13-17-8-7-16(3)23-19(17)25-10-4-5-11-25;/h6-9,12H,4-5,10-11,13H2,1-3H3,(H3,21,22,24);1H. The van der Waals surface area contributed by atoms with Gasteiger partial charge < -0.3 is 16.0 Å². The molecule has 5 nitrogen and oxygen atoms in total. The maximum Gasteiger partial charge on any atom is 0.193 e. The van der Waals surface area contributed by atoms with Crippen molar-refractivity contribution in [3.63, 3.8) is 0 Å². The second-order valence-corrected chi connectivity index (χ2v) is 6.76. The van der Waals surface area contributed by atoms with Crippen LogP contribution < -0.4 is 16.0 Å². The molecule has 0 radical (unpaired) electrons. The molecule has 0 amide bonds. The summed E-state index contributed by atoms with van der Waals surface area (Å²) in [6, 6.07) is 10.3. The third-order valence-electron chi connectivity index (χ3n) is 4.70. The van der Waals surface area contributed by atoms with E-state index in [4.69, 9.17) is 10.7 Å². The van der Waals surface area contributed by atoms with Crippen molar-refractivity contribution in [2.24, 2.45) is 10.7 Å². The van der Waals surface area contributed by atoms with Gasteiger partial charge in [0.25, 0.3) is 0 Å². The second-order valence-electron chi connectivity index (χ2n) is 6.76. The summed E-state index contributed by atoms with van der Waals surface area (Å²) in [4.78, 5) is 11.6. The topological polar surface area (TPSA) is 66.5 Å². The third-order valence-corrected chi connectivity index (χ3v) is 4.70. The number of nitrogens with two attached hydrogens (primary N) is 1. The summed E-state index contributed by atoms with van der Waals surface area (Å²) in [5.74, 6) is 1.48. The molecule has 26 heavy (non-hydrogen) atoms. The van der Waals surface area contributed by atoms with Crippen LogP contribution in [-0.4, -0.2) is 24.0 Å². The molecule has 1 fully saturated rings. The molecule has 1 aromatic carbocycles. The molecule has 3 N–H and O–H groups in total. The number of guanidine groups is 1. The fourth-order valence-corrected chi connectivity index (χ4v) is 3.07. The van der Waals surface area contributed by atoms with Crippen LogP contribution in [0.25, 0.3) is 0 Å². The molecule has 1 aromatic heterocycles.